The lowest BCUT2D eigenvalue weighted by molar-refractivity contribution is 0.155. The van der Waals surface area contributed by atoms with Crippen LogP contribution in [0.25, 0.3) is 0 Å². The molecule has 0 amide bonds. The van der Waals surface area contributed by atoms with Crippen LogP contribution in [0.5, 0.6) is 0 Å². The van der Waals surface area contributed by atoms with Gasteiger partial charge in [-0.15, -0.1) is 0 Å². The minimum absolute atomic E-state index is 0.296. The number of nitriles is 1. The number of rotatable bonds is 1. The number of nitrogens with zero attached hydrogens (tertiary/aromatic N) is 2. The Kier molecular flexibility index (Phi) is 3.07. The molecule has 0 bridgehead atoms. The van der Waals surface area contributed by atoms with Gasteiger partial charge in [0.25, 0.3) is 0 Å². The summed E-state index contributed by atoms with van der Waals surface area (Å²) in [4.78, 5) is 2.40. The molecule has 1 aromatic rings. The van der Waals surface area contributed by atoms with Crippen LogP contribution in [0.2, 0.25) is 0 Å². The molecule has 1 heterocycles. The van der Waals surface area contributed by atoms with Gasteiger partial charge < -0.3 is 5.32 Å². The van der Waals surface area contributed by atoms with Crippen molar-refractivity contribution in [2.24, 2.45) is 0 Å². The van der Waals surface area contributed by atoms with Crippen molar-refractivity contribution in [1.82, 2.24) is 10.2 Å². The van der Waals surface area contributed by atoms with E-state index in [0.717, 1.165) is 45.4 Å². The molecule has 0 aromatic heterocycles. The first-order valence-electron chi connectivity index (χ1n) is 6.78. The van der Waals surface area contributed by atoms with Crippen LogP contribution in [0.4, 0.5) is 0 Å². The third-order valence-electron chi connectivity index (χ3n) is 4.24. The highest BCUT2D eigenvalue weighted by atomic mass is 15.2. The van der Waals surface area contributed by atoms with E-state index in [0.29, 0.717) is 0 Å². The summed E-state index contributed by atoms with van der Waals surface area (Å²) < 4.78 is 0. The Morgan fingerprint density at radius 2 is 1.83 bits per heavy atom. The summed E-state index contributed by atoms with van der Waals surface area (Å²) in [7, 11) is 0. The molecule has 1 N–H and O–H groups in total. The minimum atomic E-state index is -0.296. The molecule has 94 valence electrons. The lowest BCUT2D eigenvalue weighted by atomic mass is 9.95. The molecule has 2 aliphatic rings. The molecule has 0 radical (unpaired) electrons. The van der Waals surface area contributed by atoms with Gasteiger partial charge in [-0.05, 0) is 24.1 Å². The van der Waals surface area contributed by atoms with Gasteiger partial charge in [0, 0.05) is 32.5 Å². The maximum absolute atomic E-state index is 9.72. The lowest BCUT2D eigenvalue weighted by Crippen LogP contribution is -2.50. The predicted octanol–water partition coefficient (Wildman–Crippen LogP) is 1.34. The molecular formula is C15H19N3. The van der Waals surface area contributed by atoms with E-state index < -0.39 is 0 Å². The molecule has 1 fully saturated rings. The third-order valence-corrected chi connectivity index (χ3v) is 4.24. The van der Waals surface area contributed by atoms with Gasteiger partial charge >= 0.3 is 0 Å². The molecule has 1 aliphatic carbocycles. The van der Waals surface area contributed by atoms with Crippen molar-refractivity contribution in [3.63, 3.8) is 0 Å². The summed E-state index contributed by atoms with van der Waals surface area (Å²) in [6.07, 6.45) is 2.92. The highest BCUT2D eigenvalue weighted by Crippen LogP contribution is 2.34. The molecular weight excluding hydrogens is 222 g/mol. The zero-order valence-corrected chi connectivity index (χ0v) is 10.7. The predicted molar refractivity (Wildman–Crippen MR) is 71.3 cm³/mol. The van der Waals surface area contributed by atoms with E-state index in [1.165, 1.54) is 11.1 Å². The molecule has 1 aliphatic heterocycles. The lowest BCUT2D eigenvalue weighted by Gasteiger charge is -2.34. The summed E-state index contributed by atoms with van der Waals surface area (Å²) in [5.74, 6) is 0. The normalized spacial score (nSPS) is 23.1. The highest BCUT2D eigenvalue weighted by molar-refractivity contribution is 5.40. The summed E-state index contributed by atoms with van der Waals surface area (Å²) in [6.45, 7) is 4.10. The van der Waals surface area contributed by atoms with E-state index in [1.807, 2.05) is 0 Å². The monoisotopic (exact) mass is 241 g/mol. The average Bonchev–Trinajstić information content (AvgIpc) is 2.59. The van der Waals surface area contributed by atoms with Gasteiger partial charge in [-0.2, -0.15) is 5.26 Å². The van der Waals surface area contributed by atoms with Gasteiger partial charge in [0.15, 0.2) is 0 Å². The van der Waals surface area contributed by atoms with Crippen molar-refractivity contribution >= 4 is 0 Å². The zero-order valence-electron chi connectivity index (χ0n) is 10.7. The second-order valence-corrected chi connectivity index (χ2v) is 5.36. The molecule has 3 nitrogen and oxygen atoms in total. The largest absolute Gasteiger partial charge is 0.315 e. The summed E-state index contributed by atoms with van der Waals surface area (Å²) in [5.41, 5.74) is 2.42. The van der Waals surface area contributed by atoms with Crippen molar-refractivity contribution in [2.75, 3.05) is 26.2 Å². The quantitative estimate of drug-likeness (QED) is 0.806. The minimum Gasteiger partial charge on any atom is -0.315 e. The summed E-state index contributed by atoms with van der Waals surface area (Å²) in [6, 6.07) is 11.1. The fraction of sp³-hybridized carbons (Fsp3) is 0.533. The Labute approximate surface area is 108 Å². The fourth-order valence-corrected chi connectivity index (χ4v) is 3.24. The SMILES string of the molecule is N#CC1(N2CCCNCC2)Cc2ccccc2C1. The molecule has 1 aromatic carbocycles. The average molecular weight is 241 g/mol. The number of hydrogen-bond donors (Lipinski definition) is 1. The number of nitrogens with one attached hydrogen (secondary N) is 1. The standard InChI is InChI=1S/C15H19N3/c16-12-15(18-8-3-6-17-7-9-18)10-13-4-1-2-5-14(13)11-15/h1-2,4-5,17H,3,6-11H2. The maximum Gasteiger partial charge on any atom is 0.117 e. The summed E-state index contributed by atoms with van der Waals surface area (Å²) >= 11 is 0. The second-order valence-electron chi connectivity index (χ2n) is 5.36. The van der Waals surface area contributed by atoms with Crippen LogP contribution in [0, 0.1) is 11.3 Å². The molecule has 3 heteroatoms. The van der Waals surface area contributed by atoms with Crippen LogP contribution in [-0.4, -0.2) is 36.6 Å². The van der Waals surface area contributed by atoms with Crippen molar-refractivity contribution in [3.05, 3.63) is 35.4 Å². The van der Waals surface area contributed by atoms with Crippen LogP contribution in [0.1, 0.15) is 17.5 Å². The van der Waals surface area contributed by atoms with E-state index in [1.54, 1.807) is 0 Å². The summed E-state index contributed by atoms with van der Waals surface area (Å²) in [5, 5.41) is 13.1. The van der Waals surface area contributed by atoms with Gasteiger partial charge in [-0.3, -0.25) is 4.90 Å². The van der Waals surface area contributed by atoms with E-state index in [-0.39, 0.29) is 5.54 Å². The molecule has 1 saturated heterocycles. The van der Waals surface area contributed by atoms with Crippen molar-refractivity contribution in [3.8, 4) is 6.07 Å². The Hall–Kier alpha value is -1.37. The number of fused-ring (bicyclic) bond motifs is 1. The first kappa shape index (κ1) is 11.7. The van der Waals surface area contributed by atoms with Gasteiger partial charge in [-0.25, -0.2) is 0 Å². The van der Waals surface area contributed by atoms with E-state index in [4.69, 9.17) is 0 Å². The van der Waals surface area contributed by atoms with Gasteiger partial charge in [-0.1, -0.05) is 24.3 Å². The first-order valence-corrected chi connectivity index (χ1v) is 6.78. The molecule has 0 saturated carbocycles. The molecule has 0 spiro atoms. The highest BCUT2D eigenvalue weighted by Gasteiger charge is 2.42. The number of hydrogen-bond acceptors (Lipinski definition) is 3. The molecule has 0 unspecified atom stereocenters. The van der Waals surface area contributed by atoms with Crippen molar-refractivity contribution < 1.29 is 0 Å². The van der Waals surface area contributed by atoms with E-state index in [2.05, 4.69) is 40.6 Å². The van der Waals surface area contributed by atoms with E-state index in [9.17, 15) is 5.26 Å². The fourth-order valence-electron chi connectivity index (χ4n) is 3.24. The molecule has 0 atom stereocenters. The van der Waals surface area contributed by atoms with Gasteiger partial charge in [0.05, 0.1) is 6.07 Å². The third kappa shape index (κ3) is 1.92. The van der Waals surface area contributed by atoms with Crippen LogP contribution >= 0.6 is 0 Å². The topological polar surface area (TPSA) is 39.1 Å². The Balaban J connectivity index is 1.87. The van der Waals surface area contributed by atoms with Crippen molar-refractivity contribution in [2.45, 2.75) is 24.8 Å². The first-order chi connectivity index (χ1) is 8.84. The van der Waals surface area contributed by atoms with Crippen LogP contribution in [0.15, 0.2) is 24.3 Å². The second kappa shape index (κ2) is 4.72. The van der Waals surface area contributed by atoms with Crippen LogP contribution < -0.4 is 5.32 Å². The Morgan fingerprint density at radius 1 is 1.11 bits per heavy atom. The Bertz CT molecular complexity index is 442. The van der Waals surface area contributed by atoms with Gasteiger partial charge in [0.2, 0.25) is 0 Å². The Morgan fingerprint density at radius 3 is 2.50 bits per heavy atom. The smallest absolute Gasteiger partial charge is 0.117 e. The maximum atomic E-state index is 9.72. The van der Waals surface area contributed by atoms with Gasteiger partial charge in [0.1, 0.15) is 5.54 Å². The van der Waals surface area contributed by atoms with Crippen LogP contribution in [0.3, 0.4) is 0 Å². The molecule has 18 heavy (non-hydrogen) atoms. The number of benzene rings is 1. The van der Waals surface area contributed by atoms with Crippen molar-refractivity contribution in [1.29, 1.82) is 5.26 Å². The molecule has 3 rings (SSSR count). The van der Waals surface area contributed by atoms with E-state index >= 15 is 0 Å². The zero-order chi connectivity index (χ0) is 12.4. The van der Waals surface area contributed by atoms with Crippen LogP contribution in [-0.2, 0) is 12.8 Å².